The van der Waals surface area contributed by atoms with Gasteiger partial charge in [-0.3, -0.25) is 9.69 Å². The van der Waals surface area contributed by atoms with E-state index < -0.39 is 0 Å². The molecule has 2 atom stereocenters. The highest BCUT2D eigenvalue weighted by molar-refractivity contribution is 5.82. The van der Waals surface area contributed by atoms with Crippen molar-refractivity contribution in [3.05, 3.63) is 0 Å². The van der Waals surface area contributed by atoms with Crippen LogP contribution in [0.5, 0.6) is 0 Å². The van der Waals surface area contributed by atoms with Crippen LogP contribution >= 0.6 is 0 Å². The van der Waals surface area contributed by atoms with E-state index in [1.807, 2.05) is 4.90 Å². The smallest absolute Gasteiger partial charge is 0.239 e. The van der Waals surface area contributed by atoms with Gasteiger partial charge in [-0.05, 0) is 38.8 Å². The first-order valence-corrected chi connectivity index (χ1v) is 6.50. The van der Waals surface area contributed by atoms with Crippen LogP contribution in [0, 0.1) is 0 Å². The van der Waals surface area contributed by atoms with Crippen LogP contribution in [-0.2, 0) is 4.79 Å². The molecule has 2 aliphatic heterocycles. The third-order valence-electron chi connectivity index (χ3n) is 3.70. The quantitative estimate of drug-likeness (QED) is 0.757. The van der Waals surface area contributed by atoms with Gasteiger partial charge in [0.15, 0.2) is 0 Å². The SMILES string of the molecule is CCCN1CCCC1C(=O)N1CC[C@@H](N)C1. The summed E-state index contributed by atoms with van der Waals surface area (Å²) >= 11 is 0. The standard InChI is InChI=1S/C12H23N3O/c1-2-6-14-7-3-4-11(14)12(16)15-8-5-10(13)9-15/h10-11H,2-9,13H2,1H3/t10-,11?/m1/s1. The van der Waals surface area contributed by atoms with E-state index in [4.69, 9.17) is 5.73 Å². The maximum atomic E-state index is 12.3. The molecule has 0 aromatic carbocycles. The van der Waals surface area contributed by atoms with Crippen molar-refractivity contribution in [3.8, 4) is 0 Å². The molecular weight excluding hydrogens is 202 g/mol. The zero-order chi connectivity index (χ0) is 11.5. The summed E-state index contributed by atoms with van der Waals surface area (Å²) in [6, 6.07) is 0.343. The van der Waals surface area contributed by atoms with Crippen molar-refractivity contribution in [2.24, 2.45) is 5.73 Å². The second-order valence-corrected chi connectivity index (χ2v) is 5.03. The van der Waals surface area contributed by atoms with E-state index in [-0.39, 0.29) is 12.1 Å². The van der Waals surface area contributed by atoms with Crippen molar-refractivity contribution in [1.29, 1.82) is 0 Å². The maximum absolute atomic E-state index is 12.3. The number of hydrogen-bond acceptors (Lipinski definition) is 3. The van der Waals surface area contributed by atoms with Gasteiger partial charge in [0.2, 0.25) is 5.91 Å². The van der Waals surface area contributed by atoms with Crippen molar-refractivity contribution in [3.63, 3.8) is 0 Å². The third kappa shape index (κ3) is 2.38. The molecule has 0 radical (unpaired) electrons. The lowest BCUT2D eigenvalue weighted by Crippen LogP contribution is -2.45. The van der Waals surface area contributed by atoms with Crippen LogP contribution in [0.3, 0.4) is 0 Å². The van der Waals surface area contributed by atoms with Gasteiger partial charge < -0.3 is 10.6 Å². The van der Waals surface area contributed by atoms with Crippen molar-refractivity contribution in [2.75, 3.05) is 26.2 Å². The summed E-state index contributed by atoms with van der Waals surface area (Å²) in [5.41, 5.74) is 5.85. The average Bonchev–Trinajstić information content (AvgIpc) is 2.87. The lowest BCUT2D eigenvalue weighted by atomic mass is 10.2. The van der Waals surface area contributed by atoms with Crippen LogP contribution in [0.25, 0.3) is 0 Å². The molecule has 2 saturated heterocycles. The van der Waals surface area contributed by atoms with Crippen LogP contribution in [0.4, 0.5) is 0 Å². The Hall–Kier alpha value is -0.610. The molecule has 4 heteroatoms. The fourth-order valence-corrected chi connectivity index (χ4v) is 2.86. The molecule has 0 aromatic heterocycles. The Morgan fingerprint density at radius 3 is 2.81 bits per heavy atom. The Morgan fingerprint density at radius 2 is 2.19 bits per heavy atom. The Kier molecular flexibility index (Phi) is 3.82. The topological polar surface area (TPSA) is 49.6 Å². The number of amides is 1. The van der Waals surface area contributed by atoms with Crippen LogP contribution in [0.1, 0.15) is 32.6 Å². The van der Waals surface area contributed by atoms with Gasteiger partial charge in [0.25, 0.3) is 0 Å². The number of carbonyl (C=O) groups excluding carboxylic acids is 1. The molecule has 16 heavy (non-hydrogen) atoms. The van der Waals surface area contributed by atoms with Crippen molar-refractivity contribution < 1.29 is 4.79 Å². The van der Waals surface area contributed by atoms with Gasteiger partial charge >= 0.3 is 0 Å². The summed E-state index contributed by atoms with van der Waals surface area (Å²) in [5.74, 6) is 0.318. The molecule has 1 unspecified atom stereocenters. The summed E-state index contributed by atoms with van der Waals surface area (Å²) in [6.45, 7) is 5.93. The summed E-state index contributed by atoms with van der Waals surface area (Å²) in [4.78, 5) is 16.6. The molecule has 1 amide bonds. The average molecular weight is 225 g/mol. The Balaban J connectivity index is 1.93. The maximum Gasteiger partial charge on any atom is 0.239 e. The molecule has 2 N–H and O–H groups in total. The van der Waals surface area contributed by atoms with E-state index in [2.05, 4.69) is 11.8 Å². The van der Waals surface area contributed by atoms with Crippen LogP contribution in [0.2, 0.25) is 0 Å². The first kappa shape index (κ1) is 11.9. The monoisotopic (exact) mass is 225 g/mol. The highest BCUT2D eigenvalue weighted by Gasteiger charge is 2.35. The number of nitrogens with zero attached hydrogens (tertiary/aromatic N) is 2. The molecule has 92 valence electrons. The summed E-state index contributed by atoms with van der Waals surface area (Å²) in [7, 11) is 0. The molecule has 2 fully saturated rings. The molecule has 2 aliphatic rings. The molecule has 0 aliphatic carbocycles. The zero-order valence-electron chi connectivity index (χ0n) is 10.2. The van der Waals surface area contributed by atoms with Crippen LogP contribution in [-0.4, -0.2) is 54.0 Å². The predicted molar refractivity (Wildman–Crippen MR) is 64.1 cm³/mol. The molecule has 2 rings (SSSR count). The molecule has 0 bridgehead atoms. The number of carbonyl (C=O) groups is 1. The first-order chi connectivity index (χ1) is 7.72. The van der Waals surface area contributed by atoms with Crippen molar-refractivity contribution >= 4 is 5.91 Å². The second-order valence-electron chi connectivity index (χ2n) is 5.03. The molecule has 0 spiro atoms. The van der Waals surface area contributed by atoms with E-state index in [1.54, 1.807) is 0 Å². The summed E-state index contributed by atoms with van der Waals surface area (Å²) < 4.78 is 0. The first-order valence-electron chi connectivity index (χ1n) is 6.50. The zero-order valence-corrected chi connectivity index (χ0v) is 10.2. The lowest BCUT2D eigenvalue weighted by Gasteiger charge is -2.27. The minimum absolute atomic E-state index is 0.144. The Labute approximate surface area is 97.8 Å². The van der Waals surface area contributed by atoms with E-state index in [0.29, 0.717) is 5.91 Å². The summed E-state index contributed by atoms with van der Waals surface area (Å²) in [6.07, 6.45) is 4.29. The molecule has 0 aromatic rings. The minimum Gasteiger partial charge on any atom is -0.340 e. The second kappa shape index (κ2) is 5.15. The lowest BCUT2D eigenvalue weighted by molar-refractivity contribution is -0.134. The minimum atomic E-state index is 0.144. The Bertz CT molecular complexity index is 257. The van der Waals surface area contributed by atoms with E-state index >= 15 is 0 Å². The van der Waals surface area contributed by atoms with Crippen molar-refractivity contribution in [2.45, 2.75) is 44.7 Å². The molecule has 0 saturated carbocycles. The highest BCUT2D eigenvalue weighted by atomic mass is 16.2. The molecule has 2 heterocycles. The fraction of sp³-hybridized carbons (Fsp3) is 0.917. The van der Waals surface area contributed by atoms with E-state index in [9.17, 15) is 4.79 Å². The van der Waals surface area contributed by atoms with Crippen molar-refractivity contribution in [1.82, 2.24) is 9.80 Å². The van der Waals surface area contributed by atoms with Gasteiger partial charge in [0.05, 0.1) is 6.04 Å². The van der Waals surface area contributed by atoms with Gasteiger partial charge in [-0.1, -0.05) is 6.92 Å². The van der Waals surface area contributed by atoms with E-state index in [1.165, 1.54) is 0 Å². The fourth-order valence-electron chi connectivity index (χ4n) is 2.86. The third-order valence-corrected chi connectivity index (χ3v) is 3.70. The van der Waals surface area contributed by atoms with Gasteiger partial charge in [0, 0.05) is 19.1 Å². The van der Waals surface area contributed by atoms with Gasteiger partial charge in [0.1, 0.15) is 0 Å². The number of rotatable bonds is 3. The van der Waals surface area contributed by atoms with Gasteiger partial charge in [-0.15, -0.1) is 0 Å². The number of hydrogen-bond donors (Lipinski definition) is 1. The van der Waals surface area contributed by atoms with Gasteiger partial charge in [-0.25, -0.2) is 0 Å². The number of nitrogens with two attached hydrogens (primary N) is 1. The van der Waals surface area contributed by atoms with Crippen LogP contribution in [0.15, 0.2) is 0 Å². The van der Waals surface area contributed by atoms with E-state index in [0.717, 1.165) is 51.9 Å². The van der Waals surface area contributed by atoms with Gasteiger partial charge in [-0.2, -0.15) is 0 Å². The number of likely N-dealkylation sites (tertiary alicyclic amines) is 2. The predicted octanol–water partition coefficient (Wildman–Crippen LogP) is 0.420. The largest absolute Gasteiger partial charge is 0.340 e. The normalized spacial score (nSPS) is 31.2. The molecular formula is C12H23N3O. The van der Waals surface area contributed by atoms with Crippen LogP contribution < -0.4 is 5.73 Å². The summed E-state index contributed by atoms with van der Waals surface area (Å²) in [5, 5.41) is 0. The Morgan fingerprint density at radius 1 is 1.38 bits per heavy atom. The highest BCUT2D eigenvalue weighted by Crippen LogP contribution is 2.21. The molecule has 4 nitrogen and oxygen atoms in total.